The number of carbonyl (C=O) groups excluding carboxylic acids is 1. The third kappa shape index (κ3) is 7.36. The molecule has 0 aliphatic heterocycles. The molecule has 0 aromatic heterocycles. The normalized spacial score (nSPS) is 11.9. The summed E-state index contributed by atoms with van der Waals surface area (Å²) in [5.74, 6) is -0.317. The van der Waals surface area contributed by atoms with Crippen LogP contribution in [0.2, 0.25) is 0 Å². The molecule has 1 unspecified atom stereocenters. The molecule has 7 heteroatoms. The number of hydrogen-bond acceptors (Lipinski definition) is 4. The first-order valence-electron chi connectivity index (χ1n) is 5.08. The predicted octanol–water partition coefficient (Wildman–Crippen LogP) is -0.159. The number of rotatable bonds is 8. The van der Waals surface area contributed by atoms with Gasteiger partial charge in [-0.2, -0.15) is 11.8 Å². The van der Waals surface area contributed by atoms with Gasteiger partial charge in [-0.25, -0.2) is 9.59 Å². The van der Waals surface area contributed by atoms with Crippen molar-refractivity contribution in [3.8, 4) is 0 Å². The van der Waals surface area contributed by atoms with Crippen LogP contribution < -0.4 is 16.4 Å². The van der Waals surface area contributed by atoms with Crippen molar-refractivity contribution in [2.75, 3.05) is 25.1 Å². The molecule has 0 radical (unpaired) electrons. The first kappa shape index (κ1) is 15.0. The molecule has 0 aromatic rings. The van der Waals surface area contributed by atoms with Crippen LogP contribution >= 0.6 is 11.8 Å². The van der Waals surface area contributed by atoms with Crippen LogP contribution in [0.5, 0.6) is 0 Å². The minimum absolute atomic E-state index is 0.417. The molecule has 0 spiro atoms. The summed E-state index contributed by atoms with van der Waals surface area (Å²) in [7, 11) is 0. The number of carboxylic acid groups (broad SMARTS) is 1. The molecule has 94 valence electrons. The van der Waals surface area contributed by atoms with E-state index in [9.17, 15) is 9.59 Å². The molecule has 0 heterocycles. The summed E-state index contributed by atoms with van der Waals surface area (Å²) in [5.41, 5.74) is 5.26. The van der Waals surface area contributed by atoms with Crippen molar-refractivity contribution in [3.63, 3.8) is 0 Å². The monoisotopic (exact) mass is 249 g/mol. The fraction of sp³-hybridized carbons (Fsp3) is 0.778. The average Bonchev–Trinajstić information content (AvgIpc) is 2.24. The molecular formula is C9H19N3O3S. The highest BCUT2D eigenvalue weighted by Gasteiger charge is 2.18. The molecule has 5 N–H and O–H groups in total. The summed E-state index contributed by atoms with van der Waals surface area (Å²) < 4.78 is 0. The molecule has 0 aliphatic rings. The SMILES string of the molecule is CSCCC(NC(=O)NCCCN)C(=O)O. The summed E-state index contributed by atoms with van der Waals surface area (Å²) in [4.78, 5) is 22.1. The maximum atomic E-state index is 11.3. The zero-order chi connectivity index (χ0) is 12.4. The van der Waals surface area contributed by atoms with Crippen molar-refractivity contribution < 1.29 is 14.7 Å². The Morgan fingerprint density at radius 3 is 2.69 bits per heavy atom. The molecule has 0 bridgehead atoms. The Morgan fingerprint density at radius 1 is 1.50 bits per heavy atom. The minimum Gasteiger partial charge on any atom is -0.480 e. The predicted molar refractivity (Wildman–Crippen MR) is 64.6 cm³/mol. The highest BCUT2D eigenvalue weighted by atomic mass is 32.2. The van der Waals surface area contributed by atoms with Crippen molar-refractivity contribution >= 4 is 23.8 Å². The minimum atomic E-state index is -1.01. The van der Waals surface area contributed by atoms with Crippen molar-refractivity contribution in [2.45, 2.75) is 18.9 Å². The van der Waals surface area contributed by atoms with E-state index in [1.54, 1.807) is 11.8 Å². The average molecular weight is 249 g/mol. The van der Waals surface area contributed by atoms with Crippen LogP contribution in [0.15, 0.2) is 0 Å². The van der Waals surface area contributed by atoms with E-state index in [4.69, 9.17) is 10.8 Å². The fourth-order valence-corrected chi connectivity index (χ4v) is 1.48. The summed E-state index contributed by atoms with van der Waals surface area (Å²) in [6.07, 6.45) is 2.98. The van der Waals surface area contributed by atoms with E-state index in [0.29, 0.717) is 31.7 Å². The number of thioether (sulfide) groups is 1. The van der Waals surface area contributed by atoms with E-state index >= 15 is 0 Å². The van der Waals surface area contributed by atoms with Crippen LogP contribution in [-0.4, -0.2) is 48.2 Å². The van der Waals surface area contributed by atoms with Gasteiger partial charge in [-0.1, -0.05) is 0 Å². The van der Waals surface area contributed by atoms with Crippen LogP contribution in [0.1, 0.15) is 12.8 Å². The number of amides is 2. The van der Waals surface area contributed by atoms with Crippen LogP contribution in [0.4, 0.5) is 4.79 Å². The number of carbonyl (C=O) groups is 2. The zero-order valence-electron chi connectivity index (χ0n) is 9.36. The lowest BCUT2D eigenvalue weighted by Crippen LogP contribution is -2.46. The van der Waals surface area contributed by atoms with Gasteiger partial charge in [0, 0.05) is 6.54 Å². The van der Waals surface area contributed by atoms with Crippen LogP contribution in [-0.2, 0) is 4.79 Å². The Bertz CT molecular complexity index is 226. The van der Waals surface area contributed by atoms with Gasteiger partial charge in [0.25, 0.3) is 0 Å². The third-order valence-electron chi connectivity index (χ3n) is 1.88. The lowest BCUT2D eigenvalue weighted by molar-refractivity contribution is -0.139. The molecule has 0 saturated carbocycles. The van der Waals surface area contributed by atoms with E-state index in [2.05, 4.69) is 10.6 Å². The number of aliphatic carboxylic acids is 1. The number of nitrogens with two attached hydrogens (primary N) is 1. The second-order valence-corrected chi connectivity index (χ2v) is 4.20. The van der Waals surface area contributed by atoms with Gasteiger partial charge in [-0.3, -0.25) is 0 Å². The van der Waals surface area contributed by atoms with E-state index < -0.39 is 18.0 Å². The standard InChI is InChI=1S/C9H19N3O3S/c1-16-6-3-7(8(13)14)12-9(15)11-5-2-4-10/h7H,2-6,10H2,1H3,(H,13,14)(H2,11,12,15). The number of nitrogens with one attached hydrogen (secondary N) is 2. The summed E-state index contributed by atoms with van der Waals surface area (Å²) in [5, 5.41) is 13.8. The lowest BCUT2D eigenvalue weighted by Gasteiger charge is -2.14. The summed E-state index contributed by atoms with van der Waals surface area (Å²) in [6.45, 7) is 0.951. The summed E-state index contributed by atoms with van der Waals surface area (Å²) >= 11 is 1.54. The Morgan fingerprint density at radius 2 is 2.19 bits per heavy atom. The van der Waals surface area contributed by atoms with E-state index in [0.717, 1.165) is 0 Å². The van der Waals surface area contributed by atoms with Gasteiger partial charge in [0.2, 0.25) is 0 Å². The van der Waals surface area contributed by atoms with Gasteiger partial charge in [-0.05, 0) is 31.4 Å². The van der Waals surface area contributed by atoms with Gasteiger partial charge < -0.3 is 21.5 Å². The maximum absolute atomic E-state index is 11.3. The molecule has 0 aromatic carbocycles. The molecule has 16 heavy (non-hydrogen) atoms. The first-order valence-corrected chi connectivity index (χ1v) is 6.47. The fourth-order valence-electron chi connectivity index (χ4n) is 1.01. The topological polar surface area (TPSA) is 104 Å². The Balaban J connectivity index is 3.88. The Labute approximate surface area is 99.3 Å². The highest BCUT2D eigenvalue weighted by Crippen LogP contribution is 2.00. The van der Waals surface area contributed by atoms with Gasteiger partial charge in [0.15, 0.2) is 0 Å². The second-order valence-electron chi connectivity index (χ2n) is 3.21. The zero-order valence-corrected chi connectivity index (χ0v) is 10.2. The largest absolute Gasteiger partial charge is 0.480 e. The molecule has 1 atom stereocenters. The quantitative estimate of drug-likeness (QED) is 0.447. The second kappa shape index (κ2) is 9.29. The third-order valence-corrected chi connectivity index (χ3v) is 2.52. The molecule has 0 rings (SSSR count). The van der Waals surface area contributed by atoms with Crippen LogP contribution in [0, 0.1) is 0 Å². The van der Waals surface area contributed by atoms with Crippen molar-refractivity contribution in [1.82, 2.24) is 10.6 Å². The van der Waals surface area contributed by atoms with Gasteiger partial charge in [0.05, 0.1) is 0 Å². The Kier molecular flexibility index (Phi) is 8.74. The lowest BCUT2D eigenvalue weighted by atomic mass is 10.2. The van der Waals surface area contributed by atoms with E-state index in [1.165, 1.54) is 0 Å². The molecule has 6 nitrogen and oxygen atoms in total. The summed E-state index contributed by atoms with van der Waals surface area (Å²) in [6, 6.07) is -1.28. The van der Waals surface area contributed by atoms with Gasteiger partial charge >= 0.3 is 12.0 Å². The Hall–Kier alpha value is -0.950. The smallest absolute Gasteiger partial charge is 0.326 e. The molecule has 0 fully saturated rings. The number of urea groups is 1. The van der Waals surface area contributed by atoms with Crippen molar-refractivity contribution in [3.05, 3.63) is 0 Å². The van der Waals surface area contributed by atoms with Crippen LogP contribution in [0.25, 0.3) is 0 Å². The molecule has 0 saturated heterocycles. The van der Waals surface area contributed by atoms with Gasteiger partial charge in [0.1, 0.15) is 6.04 Å². The molecular weight excluding hydrogens is 230 g/mol. The van der Waals surface area contributed by atoms with E-state index in [-0.39, 0.29) is 0 Å². The number of carboxylic acids is 1. The van der Waals surface area contributed by atoms with Crippen LogP contribution in [0.3, 0.4) is 0 Å². The highest BCUT2D eigenvalue weighted by molar-refractivity contribution is 7.98. The molecule has 0 aliphatic carbocycles. The maximum Gasteiger partial charge on any atom is 0.326 e. The molecule has 2 amide bonds. The van der Waals surface area contributed by atoms with Crippen molar-refractivity contribution in [1.29, 1.82) is 0 Å². The number of hydrogen-bond donors (Lipinski definition) is 4. The van der Waals surface area contributed by atoms with E-state index in [1.807, 2.05) is 6.26 Å². The first-order chi connectivity index (χ1) is 7.61. The van der Waals surface area contributed by atoms with Crippen molar-refractivity contribution in [2.24, 2.45) is 5.73 Å². The van der Waals surface area contributed by atoms with Gasteiger partial charge in [-0.15, -0.1) is 0 Å².